The molecule has 4 rings (SSSR count). The molecule has 2 heterocycles. The van der Waals surface area contributed by atoms with Crippen LogP contribution >= 0.6 is 0 Å². The first-order valence-electron chi connectivity index (χ1n) is 9.74. The van der Waals surface area contributed by atoms with Crippen molar-refractivity contribution in [3.05, 3.63) is 90.4 Å². The number of pyridine rings is 1. The number of nitrogens with zero attached hydrogens (tertiary/aromatic N) is 3. The summed E-state index contributed by atoms with van der Waals surface area (Å²) in [6.07, 6.45) is 3.95. The molecule has 0 aliphatic rings. The highest BCUT2D eigenvalue weighted by atomic mass is 16.5. The van der Waals surface area contributed by atoms with Gasteiger partial charge in [-0.1, -0.05) is 43.3 Å². The molecular weight excluding hydrogens is 376 g/mol. The van der Waals surface area contributed by atoms with Gasteiger partial charge in [0.05, 0.1) is 24.6 Å². The van der Waals surface area contributed by atoms with Gasteiger partial charge < -0.3 is 10.1 Å². The Kier molecular flexibility index (Phi) is 5.57. The SMILES string of the molecule is CCc1c(C(=O)Nc2cccc(-c3ccccc3OC)c2)cnn1-c1ccccn1. The maximum Gasteiger partial charge on any atom is 0.259 e. The van der Waals surface area contributed by atoms with Crippen LogP contribution in [0.5, 0.6) is 5.75 Å². The number of carbonyl (C=O) groups excluding carboxylic acids is 1. The molecule has 0 spiro atoms. The summed E-state index contributed by atoms with van der Waals surface area (Å²) in [4.78, 5) is 17.3. The smallest absolute Gasteiger partial charge is 0.259 e. The molecule has 1 N–H and O–H groups in total. The van der Waals surface area contributed by atoms with Crippen LogP contribution < -0.4 is 10.1 Å². The molecule has 30 heavy (non-hydrogen) atoms. The summed E-state index contributed by atoms with van der Waals surface area (Å²) in [5.74, 6) is 1.27. The lowest BCUT2D eigenvalue weighted by atomic mass is 10.0. The zero-order valence-corrected chi connectivity index (χ0v) is 16.9. The van der Waals surface area contributed by atoms with Gasteiger partial charge in [-0.25, -0.2) is 9.67 Å². The van der Waals surface area contributed by atoms with Crippen molar-refractivity contribution in [1.82, 2.24) is 14.8 Å². The second-order valence-electron chi connectivity index (χ2n) is 6.69. The second kappa shape index (κ2) is 8.61. The predicted octanol–water partition coefficient (Wildman–Crippen LogP) is 4.76. The molecule has 6 nitrogen and oxygen atoms in total. The minimum absolute atomic E-state index is 0.203. The van der Waals surface area contributed by atoms with E-state index in [1.807, 2.05) is 73.7 Å². The molecule has 0 aliphatic carbocycles. The number of hydrogen-bond acceptors (Lipinski definition) is 4. The van der Waals surface area contributed by atoms with Crippen LogP contribution in [0.25, 0.3) is 16.9 Å². The third-order valence-electron chi connectivity index (χ3n) is 4.85. The van der Waals surface area contributed by atoms with Crippen molar-refractivity contribution in [1.29, 1.82) is 0 Å². The maximum atomic E-state index is 13.0. The Morgan fingerprint density at radius 2 is 1.90 bits per heavy atom. The standard InChI is InChI=1S/C24H22N4O2/c1-3-21-20(16-26-28(21)23-13-6-7-14-25-23)24(29)27-18-10-8-9-17(15-18)19-11-4-5-12-22(19)30-2/h4-16H,3H2,1-2H3,(H,27,29). The van der Waals surface area contributed by atoms with E-state index in [0.717, 1.165) is 22.6 Å². The van der Waals surface area contributed by atoms with Crippen molar-refractivity contribution in [3.63, 3.8) is 0 Å². The number of hydrogen-bond donors (Lipinski definition) is 1. The number of ether oxygens (including phenoxy) is 1. The summed E-state index contributed by atoms with van der Waals surface area (Å²) in [5.41, 5.74) is 3.98. The molecule has 1 amide bonds. The molecule has 6 heteroatoms. The first-order chi connectivity index (χ1) is 14.7. The van der Waals surface area contributed by atoms with Gasteiger partial charge in [0.1, 0.15) is 5.75 Å². The average Bonchev–Trinajstić information content (AvgIpc) is 3.24. The van der Waals surface area contributed by atoms with E-state index in [9.17, 15) is 4.79 Å². The summed E-state index contributed by atoms with van der Waals surface area (Å²) in [5, 5.41) is 7.38. The molecule has 0 atom stereocenters. The van der Waals surface area contributed by atoms with Crippen molar-refractivity contribution >= 4 is 11.6 Å². The monoisotopic (exact) mass is 398 g/mol. The van der Waals surface area contributed by atoms with E-state index in [2.05, 4.69) is 15.4 Å². The predicted molar refractivity (Wildman–Crippen MR) is 117 cm³/mol. The van der Waals surface area contributed by atoms with E-state index in [-0.39, 0.29) is 5.91 Å². The Bertz CT molecular complexity index is 1170. The van der Waals surface area contributed by atoms with E-state index in [0.29, 0.717) is 23.5 Å². The third kappa shape index (κ3) is 3.80. The number of benzene rings is 2. The maximum absolute atomic E-state index is 13.0. The minimum atomic E-state index is -0.203. The number of nitrogens with one attached hydrogen (secondary N) is 1. The Hall–Kier alpha value is -3.93. The van der Waals surface area contributed by atoms with E-state index in [4.69, 9.17) is 4.74 Å². The molecule has 0 fully saturated rings. The summed E-state index contributed by atoms with van der Waals surface area (Å²) in [6, 6.07) is 21.1. The number of rotatable bonds is 6. The summed E-state index contributed by atoms with van der Waals surface area (Å²) >= 11 is 0. The fraction of sp³-hybridized carbons (Fsp3) is 0.125. The van der Waals surface area contributed by atoms with Crippen molar-refractivity contribution in [3.8, 4) is 22.7 Å². The first-order valence-corrected chi connectivity index (χ1v) is 9.74. The lowest BCUT2D eigenvalue weighted by Crippen LogP contribution is -2.14. The molecule has 0 saturated carbocycles. The van der Waals surface area contributed by atoms with Crippen LogP contribution in [-0.4, -0.2) is 27.8 Å². The number of carbonyl (C=O) groups is 1. The van der Waals surface area contributed by atoms with Crippen molar-refractivity contribution in [2.75, 3.05) is 12.4 Å². The van der Waals surface area contributed by atoms with Crippen LogP contribution in [0.2, 0.25) is 0 Å². The second-order valence-corrected chi connectivity index (χ2v) is 6.69. The summed E-state index contributed by atoms with van der Waals surface area (Å²) in [7, 11) is 1.65. The molecule has 0 aliphatic heterocycles. The van der Waals surface area contributed by atoms with Gasteiger partial charge in [-0.05, 0) is 42.3 Å². The quantitative estimate of drug-likeness (QED) is 0.509. The van der Waals surface area contributed by atoms with E-state index >= 15 is 0 Å². The Balaban J connectivity index is 1.62. The van der Waals surface area contributed by atoms with Crippen LogP contribution in [-0.2, 0) is 6.42 Å². The molecule has 150 valence electrons. The minimum Gasteiger partial charge on any atom is -0.496 e. The van der Waals surface area contributed by atoms with Gasteiger partial charge >= 0.3 is 0 Å². The normalized spacial score (nSPS) is 10.6. The molecule has 2 aromatic carbocycles. The molecule has 0 unspecified atom stereocenters. The highest BCUT2D eigenvalue weighted by Crippen LogP contribution is 2.31. The van der Waals surface area contributed by atoms with Crippen molar-refractivity contribution < 1.29 is 9.53 Å². The van der Waals surface area contributed by atoms with Gasteiger partial charge in [-0.15, -0.1) is 0 Å². The largest absolute Gasteiger partial charge is 0.496 e. The molecule has 0 saturated heterocycles. The zero-order valence-electron chi connectivity index (χ0n) is 16.9. The molecule has 4 aromatic rings. The van der Waals surface area contributed by atoms with Crippen LogP contribution in [0.3, 0.4) is 0 Å². The van der Waals surface area contributed by atoms with Gasteiger partial charge in [-0.3, -0.25) is 4.79 Å². The van der Waals surface area contributed by atoms with Crippen LogP contribution in [0.1, 0.15) is 23.0 Å². The summed E-state index contributed by atoms with van der Waals surface area (Å²) in [6.45, 7) is 2.00. The summed E-state index contributed by atoms with van der Waals surface area (Å²) < 4.78 is 7.17. The lowest BCUT2D eigenvalue weighted by molar-refractivity contribution is 0.102. The van der Waals surface area contributed by atoms with Gasteiger partial charge in [0.2, 0.25) is 0 Å². The van der Waals surface area contributed by atoms with Crippen molar-refractivity contribution in [2.24, 2.45) is 0 Å². The zero-order chi connectivity index (χ0) is 20.9. The number of para-hydroxylation sites is 1. The highest BCUT2D eigenvalue weighted by Gasteiger charge is 2.18. The topological polar surface area (TPSA) is 69.0 Å². The average molecular weight is 398 g/mol. The fourth-order valence-corrected chi connectivity index (χ4v) is 3.43. The van der Waals surface area contributed by atoms with E-state index in [1.54, 1.807) is 24.2 Å². The first kappa shape index (κ1) is 19.4. The Morgan fingerprint density at radius 1 is 1.07 bits per heavy atom. The molecule has 0 radical (unpaired) electrons. The van der Waals surface area contributed by atoms with Crippen LogP contribution in [0.4, 0.5) is 5.69 Å². The number of aromatic nitrogens is 3. The highest BCUT2D eigenvalue weighted by molar-refractivity contribution is 6.05. The van der Waals surface area contributed by atoms with Crippen molar-refractivity contribution in [2.45, 2.75) is 13.3 Å². The van der Waals surface area contributed by atoms with Gasteiger partial charge in [0.25, 0.3) is 5.91 Å². The molecule has 0 bridgehead atoms. The fourth-order valence-electron chi connectivity index (χ4n) is 3.43. The van der Waals surface area contributed by atoms with Gasteiger partial charge in [-0.2, -0.15) is 5.10 Å². The van der Waals surface area contributed by atoms with Crippen LogP contribution in [0, 0.1) is 0 Å². The lowest BCUT2D eigenvalue weighted by Gasteiger charge is -2.11. The Morgan fingerprint density at radius 3 is 2.67 bits per heavy atom. The van der Waals surface area contributed by atoms with Gasteiger partial charge in [0.15, 0.2) is 5.82 Å². The van der Waals surface area contributed by atoms with E-state index < -0.39 is 0 Å². The Labute approximate surface area is 175 Å². The molecule has 2 aromatic heterocycles. The third-order valence-corrected chi connectivity index (χ3v) is 4.85. The number of methoxy groups -OCH3 is 1. The number of amides is 1. The number of anilines is 1. The molecular formula is C24H22N4O2. The van der Waals surface area contributed by atoms with Crippen LogP contribution in [0.15, 0.2) is 79.1 Å². The van der Waals surface area contributed by atoms with E-state index in [1.165, 1.54) is 0 Å². The van der Waals surface area contributed by atoms with Gasteiger partial charge in [0, 0.05) is 17.4 Å².